The normalized spacial score (nSPS) is 26.1. The molecule has 0 saturated heterocycles. The second kappa shape index (κ2) is 2.24. The molecule has 0 aliphatic carbocycles. The van der Waals surface area contributed by atoms with E-state index in [1.165, 1.54) is 12.7 Å². The van der Waals surface area contributed by atoms with Gasteiger partial charge in [0.05, 0.1) is 0 Å². The average molecular weight is 151 g/mol. The number of hydroxylamine groups is 1. The SMILES string of the molecule is ONC1=NC=NC2=NC=NC21. The molecule has 2 N–H and O–H groups in total. The number of rotatable bonds is 0. The van der Waals surface area contributed by atoms with Crippen LogP contribution in [0.3, 0.4) is 0 Å². The van der Waals surface area contributed by atoms with Gasteiger partial charge in [0.1, 0.15) is 12.7 Å². The standard InChI is InChI=1S/C5H5N5O/c11-10-5-3-4(7-1-6-3)8-2-9-5/h1-3,11H,(H,6,7,8,9,10). The molecule has 6 heteroatoms. The zero-order valence-corrected chi connectivity index (χ0v) is 5.47. The van der Waals surface area contributed by atoms with E-state index in [0.717, 1.165) is 0 Å². The Bertz CT molecular complexity index is 289. The summed E-state index contributed by atoms with van der Waals surface area (Å²) in [6, 6.07) is -0.343. The minimum Gasteiger partial charge on any atom is -0.290 e. The van der Waals surface area contributed by atoms with Crippen LogP contribution < -0.4 is 5.48 Å². The molecular weight excluding hydrogens is 146 g/mol. The molecule has 2 heterocycles. The molecule has 56 valence electrons. The second-order valence-electron chi connectivity index (χ2n) is 2.03. The van der Waals surface area contributed by atoms with Crippen LogP contribution in [0.2, 0.25) is 0 Å². The molecule has 2 aliphatic heterocycles. The van der Waals surface area contributed by atoms with Crippen LogP contribution in [0.1, 0.15) is 0 Å². The summed E-state index contributed by atoms with van der Waals surface area (Å²) in [5.41, 5.74) is 1.94. The first-order valence-corrected chi connectivity index (χ1v) is 3.01. The minimum atomic E-state index is -0.343. The van der Waals surface area contributed by atoms with Crippen LogP contribution in [0.5, 0.6) is 0 Å². The lowest BCUT2D eigenvalue weighted by atomic mass is 10.2. The molecule has 0 aromatic rings. The third kappa shape index (κ3) is 0.838. The Morgan fingerprint density at radius 1 is 1.36 bits per heavy atom. The van der Waals surface area contributed by atoms with Gasteiger partial charge < -0.3 is 0 Å². The fourth-order valence-electron chi connectivity index (χ4n) is 0.904. The number of aliphatic imine (C=N–C) groups is 4. The van der Waals surface area contributed by atoms with E-state index in [0.29, 0.717) is 11.7 Å². The highest BCUT2D eigenvalue weighted by Crippen LogP contribution is 2.06. The Balaban J connectivity index is 2.35. The smallest absolute Gasteiger partial charge is 0.171 e. The number of fused-ring (bicyclic) bond motifs is 1. The van der Waals surface area contributed by atoms with Gasteiger partial charge in [-0.2, -0.15) is 0 Å². The fourth-order valence-corrected chi connectivity index (χ4v) is 0.904. The molecule has 0 bridgehead atoms. The number of nitrogens with one attached hydrogen (secondary N) is 1. The molecule has 0 amide bonds. The van der Waals surface area contributed by atoms with Crippen molar-refractivity contribution in [3.05, 3.63) is 0 Å². The van der Waals surface area contributed by atoms with E-state index >= 15 is 0 Å². The molecule has 0 saturated carbocycles. The summed E-state index contributed by atoms with van der Waals surface area (Å²) in [5.74, 6) is 0.907. The van der Waals surface area contributed by atoms with Crippen LogP contribution in [0, 0.1) is 0 Å². The quantitative estimate of drug-likeness (QED) is 0.445. The molecule has 1 unspecified atom stereocenters. The van der Waals surface area contributed by atoms with Crippen molar-refractivity contribution in [3.63, 3.8) is 0 Å². The highest BCUT2D eigenvalue weighted by atomic mass is 16.5. The van der Waals surface area contributed by atoms with E-state index in [2.05, 4.69) is 20.0 Å². The third-order valence-corrected chi connectivity index (χ3v) is 1.41. The predicted molar refractivity (Wildman–Crippen MR) is 40.6 cm³/mol. The van der Waals surface area contributed by atoms with Crippen molar-refractivity contribution in [2.24, 2.45) is 20.0 Å². The molecule has 2 rings (SSSR count). The molecule has 0 radical (unpaired) electrons. The van der Waals surface area contributed by atoms with Crippen LogP contribution in [0.4, 0.5) is 0 Å². The first kappa shape index (κ1) is 6.17. The van der Waals surface area contributed by atoms with Crippen molar-refractivity contribution in [1.82, 2.24) is 5.48 Å². The van der Waals surface area contributed by atoms with E-state index < -0.39 is 0 Å². The van der Waals surface area contributed by atoms with Gasteiger partial charge in [-0.15, -0.1) is 0 Å². The van der Waals surface area contributed by atoms with Crippen LogP contribution in [-0.2, 0) is 0 Å². The Labute approximate surface area is 62.1 Å². The Morgan fingerprint density at radius 3 is 3.09 bits per heavy atom. The topological polar surface area (TPSA) is 81.7 Å². The maximum atomic E-state index is 8.57. The van der Waals surface area contributed by atoms with E-state index in [-0.39, 0.29) is 6.04 Å². The third-order valence-electron chi connectivity index (χ3n) is 1.41. The molecule has 0 fully saturated rings. The summed E-state index contributed by atoms with van der Waals surface area (Å²) in [6.07, 6.45) is 2.72. The minimum absolute atomic E-state index is 0.343. The van der Waals surface area contributed by atoms with E-state index in [1.807, 2.05) is 5.48 Å². The number of nitrogens with zero attached hydrogens (tertiary/aromatic N) is 4. The lowest BCUT2D eigenvalue weighted by Crippen LogP contribution is -2.37. The summed E-state index contributed by atoms with van der Waals surface area (Å²) in [5, 5.41) is 8.57. The highest BCUT2D eigenvalue weighted by Gasteiger charge is 2.25. The van der Waals surface area contributed by atoms with Crippen molar-refractivity contribution in [2.45, 2.75) is 6.04 Å². The van der Waals surface area contributed by atoms with Gasteiger partial charge >= 0.3 is 0 Å². The maximum absolute atomic E-state index is 8.57. The lowest BCUT2D eigenvalue weighted by Gasteiger charge is -2.11. The summed E-state index contributed by atoms with van der Waals surface area (Å²) in [4.78, 5) is 15.4. The van der Waals surface area contributed by atoms with E-state index in [9.17, 15) is 0 Å². The van der Waals surface area contributed by atoms with Crippen molar-refractivity contribution < 1.29 is 5.21 Å². The lowest BCUT2D eigenvalue weighted by molar-refractivity contribution is 0.232. The zero-order chi connectivity index (χ0) is 7.68. The number of hydrogen-bond acceptors (Lipinski definition) is 6. The molecule has 0 aromatic heterocycles. The Morgan fingerprint density at radius 2 is 2.27 bits per heavy atom. The number of amidine groups is 2. The van der Waals surface area contributed by atoms with E-state index in [1.54, 1.807) is 0 Å². The van der Waals surface area contributed by atoms with Gasteiger partial charge in [0.15, 0.2) is 17.7 Å². The number of hydrogen-bond donors (Lipinski definition) is 2. The van der Waals surface area contributed by atoms with Gasteiger partial charge in [-0.05, 0) is 0 Å². The van der Waals surface area contributed by atoms with Gasteiger partial charge in [0, 0.05) is 0 Å². The summed E-state index contributed by atoms with van der Waals surface area (Å²) in [7, 11) is 0. The molecule has 2 aliphatic rings. The fraction of sp³-hybridized carbons (Fsp3) is 0.200. The molecule has 0 aromatic carbocycles. The molecule has 0 spiro atoms. The summed E-state index contributed by atoms with van der Waals surface area (Å²) >= 11 is 0. The summed E-state index contributed by atoms with van der Waals surface area (Å²) in [6.45, 7) is 0. The zero-order valence-electron chi connectivity index (χ0n) is 5.47. The molecule has 1 atom stereocenters. The second-order valence-corrected chi connectivity index (χ2v) is 2.03. The van der Waals surface area contributed by atoms with Crippen LogP contribution >= 0.6 is 0 Å². The summed E-state index contributed by atoms with van der Waals surface area (Å²) < 4.78 is 0. The maximum Gasteiger partial charge on any atom is 0.171 e. The van der Waals surface area contributed by atoms with Crippen LogP contribution in [0.25, 0.3) is 0 Å². The van der Waals surface area contributed by atoms with Crippen LogP contribution in [0.15, 0.2) is 20.0 Å². The first-order chi connectivity index (χ1) is 5.42. The highest BCUT2D eigenvalue weighted by molar-refractivity contribution is 6.19. The monoisotopic (exact) mass is 151 g/mol. The van der Waals surface area contributed by atoms with Gasteiger partial charge in [-0.3, -0.25) is 15.7 Å². The van der Waals surface area contributed by atoms with Gasteiger partial charge in [0.2, 0.25) is 0 Å². The van der Waals surface area contributed by atoms with Crippen molar-refractivity contribution in [3.8, 4) is 0 Å². The van der Waals surface area contributed by atoms with Gasteiger partial charge in [-0.25, -0.2) is 15.0 Å². The molecular formula is C5H5N5O. The van der Waals surface area contributed by atoms with Crippen molar-refractivity contribution in [1.29, 1.82) is 0 Å². The largest absolute Gasteiger partial charge is 0.290 e. The average Bonchev–Trinajstić information content (AvgIpc) is 2.50. The molecule has 11 heavy (non-hydrogen) atoms. The Hall–Kier alpha value is -1.56. The van der Waals surface area contributed by atoms with Gasteiger partial charge in [-0.1, -0.05) is 0 Å². The predicted octanol–water partition coefficient (Wildman–Crippen LogP) is -0.785. The van der Waals surface area contributed by atoms with E-state index in [4.69, 9.17) is 5.21 Å². The van der Waals surface area contributed by atoms with Crippen molar-refractivity contribution >= 4 is 24.3 Å². The van der Waals surface area contributed by atoms with Crippen LogP contribution in [-0.4, -0.2) is 35.6 Å². The Kier molecular flexibility index (Phi) is 1.26. The molecule has 6 nitrogen and oxygen atoms in total. The first-order valence-electron chi connectivity index (χ1n) is 3.01. The van der Waals surface area contributed by atoms with Crippen molar-refractivity contribution in [2.75, 3.05) is 0 Å². The van der Waals surface area contributed by atoms with Gasteiger partial charge in [0.25, 0.3) is 0 Å².